The molecule has 0 fully saturated rings. The number of hydrogen-bond acceptors (Lipinski definition) is 3. The van der Waals surface area contributed by atoms with Gasteiger partial charge in [-0.15, -0.1) is 0 Å². The van der Waals surface area contributed by atoms with Crippen LogP contribution in [0.3, 0.4) is 0 Å². The van der Waals surface area contributed by atoms with Crippen molar-refractivity contribution in [1.29, 1.82) is 0 Å². The molecule has 20 heavy (non-hydrogen) atoms. The van der Waals surface area contributed by atoms with E-state index in [9.17, 15) is 4.79 Å². The van der Waals surface area contributed by atoms with Crippen LogP contribution in [-0.4, -0.2) is 12.5 Å². The van der Waals surface area contributed by atoms with Crippen LogP contribution in [0, 0.1) is 0 Å². The highest BCUT2D eigenvalue weighted by Gasteiger charge is 2.01. The number of nitrogens with one attached hydrogen (secondary N) is 1. The fraction of sp³-hybridized carbons (Fsp3) is 0.188. The zero-order valence-electron chi connectivity index (χ0n) is 11.2. The van der Waals surface area contributed by atoms with Gasteiger partial charge in [0.15, 0.2) is 0 Å². The number of rotatable bonds is 6. The van der Waals surface area contributed by atoms with E-state index in [1.165, 1.54) is 0 Å². The molecule has 0 saturated carbocycles. The number of ether oxygens (including phenoxy) is 1. The van der Waals surface area contributed by atoms with E-state index >= 15 is 0 Å². The van der Waals surface area contributed by atoms with E-state index in [2.05, 4.69) is 5.32 Å². The molecule has 0 aliphatic carbocycles. The predicted octanol–water partition coefficient (Wildman–Crippen LogP) is 2.55. The molecule has 2 aromatic carbocycles. The van der Waals surface area contributed by atoms with E-state index in [1.54, 1.807) is 0 Å². The summed E-state index contributed by atoms with van der Waals surface area (Å²) in [5, 5.41) is 2.77. The lowest BCUT2D eigenvalue weighted by Gasteiger charge is -2.08. The Labute approximate surface area is 118 Å². The van der Waals surface area contributed by atoms with E-state index in [-0.39, 0.29) is 5.91 Å². The quantitative estimate of drug-likeness (QED) is 0.848. The van der Waals surface area contributed by atoms with Gasteiger partial charge in [0.1, 0.15) is 12.4 Å². The highest BCUT2D eigenvalue weighted by atomic mass is 16.5. The molecule has 0 aliphatic rings. The smallest absolute Gasteiger partial charge is 0.225 e. The third kappa shape index (κ3) is 4.40. The maximum atomic E-state index is 11.4. The molecule has 0 radical (unpaired) electrons. The zero-order chi connectivity index (χ0) is 14.2. The Morgan fingerprint density at radius 3 is 2.40 bits per heavy atom. The average Bonchev–Trinajstić information content (AvgIpc) is 2.48. The maximum Gasteiger partial charge on any atom is 0.225 e. The molecule has 4 nitrogen and oxygen atoms in total. The first-order valence-corrected chi connectivity index (χ1v) is 6.54. The van der Waals surface area contributed by atoms with Crippen LogP contribution in [0.5, 0.6) is 5.75 Å². The second-order valence-corrected chi connectivity index (χ2v) is 4.39. The standard InChI is InChI=1S/C16H18N2O2/c17-11-10-16(19)18-14-6-8-15(9-7-14)20-12-13-4-2-1-3-5-13/h1-9H,10-12,17H2,(H,18,19). The van der Waals surface area contributed by atoms with Gasteiger partial charge in [-0.05, 0) is 29.8 Å². The van der Waals surface area contributed by atoms with Crippen LogP contribution in [0.2, 0.25) is 0 Å². The van der Waals surface area contributed by atoms with Crippen LogP contribution >= 0.6 is 0 Å². The minimum atomic E-state index is -0.0783. The Morgan fingerprint density at radius 2 is 1.75 bits per heavy atom. The second-order valence-electron chi connectivity index (χ2n) is 4.39. The molecule has 0 atom stereocenters. The van der Waals surface area contributed by atoms with Crippen molar-refractivity contribution >= 4 is 11.6 Å². The van der Waals surface area contributed by atoms with Gasteiger partial charge in [0.05, 0.1) is 0 Å². The largest absolute Gasteiger partial charge is 0.489 e. The van der Waals surface area contributed by atoms with E-state index in [0.29, 0.717) is 19.6 Å². The van der Waals surface area contributed by atoms with Crippen LogP contribution in [-0.2, 0) is 11.4 Å². The number of anilines is 1. The highest BCUT2D eigenvalue weighted by Crippen LogP contribution is 2.17. The van der Waals surface area contributed by atoms with Crippen molar-refractivity contribution < 1.29 is 9.53 Å². The molecule has 0 spiro atoms. The molecule has 0 aromatic heterocycles. The van der Waals surface area contributed by atoms with Gasteiger partial charge in [-0.2, -0.15) is 0 Å². The van der Waals surface area contributed by atoms with E-state index in [4.69, 9.17) is 10.5 Å². The number of carbonyl (C=O) groups excluding carboxylic acids is 1. The molecular formula is C16H18N2O2. The second kappa shape index (κ2) is 7.31. The lowest BCUT2D eigenvalue weighted by Crippen LogP contribution is -2.16. The van der Waals surface area contributed by atoms with Crippen LogP contribution in [0.15, 0.2) is 54.6 Å². The number of nitrogens with two attached hydrogens (primary N) is 1. The summed E-state index contributed by atoms with van der Waals surface area (Å²) in [6.07, 6.45) is 0.326. The molecule has 1 amide bonds. The van der Waals surface area contributed by atoms with Crippen LogP contribution in [0.4, 0.5) is 5.69 Å². The summed E-state index contributed by atoms with van der Waals surface area (Å²) in [5.41, 5.74) is 7.19. The lowest BCUT2D eigenvalue weighted by molar-refractivity contribution is -0.116. The van der Waals surface area contributed by atoms with Gasteiger partial charge in [-0.3, -0.25) is 4.79 Å². The van der Waals surface area contributed by atoms with Gasteiger partial charge in [0.2, 0.25) is 5.91 Å². The van der Waals surface area contributed by atoms with Gasteiger partial charge in [-0.1, -0.05) is 30.3 Å². The minimum absolute atomic E-state index is 0.0783. The third-order valence-corrected chi connectivity index (χ3v) is 2.76. The van der Waals surface area contributed by atoms with Gasteiger partial charge < -0.3 is 15.8 Å². The van der Waals surface area contributed by atoms with Gasteiger partial charge in [-0.25, -0.2) is 0 Å². The van der Waals surface area contributed by atoms with Crippen molar-refractivity contribution in [3.05, 3.63) is 60.2 Å². The molecule has 4 heteroatoms. The van der Waals surface area contributed by atoms with E-state index in [1.807, 2.05) is 54.6 Å². The van der Waals surface area contributed by atoms with Crippen molar-refractivity contribution in [3.63, 3.8) is 0 Å². The monoisotopic (exact) mass is 270 g/mol. The first-order valence-electron chi connectivity index (χ1n) is 6.54. The van der Waals surface area contributed by atoms with Gasteiger partial charge in [0, 0.05) is 18.7 Å². The summed E-state index contributed by atoms with van der Waals surface area (Å²) in [6.45, 7) is 0.879. The predicted molar refractivity (Wildman–Crippen MR) is 79.5 cm³/mol. The number of hydrogen-bond donors (Lipinski definition) is 2. The molecule has 0 heterocycles. The molecule has 0 bridgehead atoms. The SMILES string of the molecule is NCCC(=O)Nc1ccc(OCc2ccccc2)cc1. The average molecular weight is 270 g/mol. The van der Waals surface area contributed by atoms with Gasteiger partial charge in [0.25, 0.3) is 0 Å². The summed E-state index contributed by atoms with van der Waals surface area (Å²) in [7, 11) is 0. The summed E-state index contributed by atoms with van der Waals surface area (Å²) >= 11 is 0. The molecular weight excluding hydrogens is 252 g/mol. The molecule has 104 valence electrons. The third-order valence-electron chi connectivity index (χ3n) is 2.76. The van der Waals surface area contributed by atoms with Crippen molar-refractivity contribution in [3.8, 4) is 5.75 Å². The summed E-state index contributed by atoms with van der Waals surface area (Å²) < 4.78 is 5.67. The Hall–Kier alpha value is -2.33. The minimum Gasteiger partial charge on any atom is -0.489 e. The van der Waals surface area contributed by atoms with E-state index in [0.717, 1.165) is 17.0 Å². The fourth-order valence-electron chi connectivity index (χ4n) is 1.73. The van der Waals surface area contributed by atoms with Crippen LogP contribution in [0.25, 0.3) is 0 Å². The Balaban J connectivity index is 1.87. The van der Waals surface area contributed by atoms with E-state index < -0.39 is 0 Å². The van der Waals surface area contributed by atoms with Crippen molar-refractivity contribution in [2.24, 2.45) is 5.73 Å². The molecule has 0 unspecified atom stereocenters. The van der Waals surface area contributed by atoms with Crippen molar-refractivity contribution in [1.82, 2.24) is 0 Å². The molecule has 2 aromatic rings. The first kappa shape index (κ1) is 14.1. The number of benzene rings is 2. The molecule has 2 rings (SSSR count). The highest BCUT2D eigenvalue weighted by molar-refractivity contribution is 5.90. The molecule has 0 saturated heterocycles. The summed E-state index contributed by atoms with van der Waals surface area (Å²) in [4.78, 5) is 11.4. The summed E-state index contributed by atoms with van der Waals surface area (Å²) in [5.74, 6) is 0.691. The van der Waals surface area contributed by atoms with Crippen molar-refractivity contribution in [2.75, 3.05) is 11.9 Å². The van der Waals surface area contributed by atoms with Gasteiger partial charge >= 0.3 is 0 Å². The topological polar surface area (TPSA) is 64.4 Å². The summed E-state index contributed by atoms with van der Waals surface area (Å²) in [6, 6.07) is 17.3. The number of carbonyl (C=O) groups is 1. The molecule has 3 N–H and O–H groups in total. The van der Waals surface area contributed by atoms with Crippen molar-refractivity contribution in [2.45, 2.75) is 13.0 Å². The Kier molecular flexibility index (Phi) is 5.15. The van der Waals surface area contributed by atoms with Crippen LogP contribution in [0.1, 0.15) is 12.0 Å². The normalized spacial score (nSPS) is 10.1. The number of amides is 1. The maximum absolute atomic E-state index is 11.4. The molecule has 0 aliphatic heterocycles. The Morgan fingerprint density at radius 1 is 1.05 bits per heavy atom. The zero-order valence-corrected chi connectivity index (χ0v) is 11.2. The Bertz CT molecular complexity index is 538. The van der Waals surface area contributed by atoms with Crippen LogP contribution < -0.4 is 15.8 Å². The fourth-order valence-corrected chi connectivity index (χ4v) is 1.73. The lowest BCUT2D eigenvalue weighted by atomic mass is 10.2. The first-order chi connectivity index (χ1) is 9.78.